The van der Waals surface area contributed by atoms with Crippen LogP contribution in [0, 0.1) is 11.8 Å². The summed E-state index contributed by atoms with van der Waals surface area (Å²) in [7, 11) is 0. The molecule has 0 bridgehead atoms. The highest BCUT2D eigenvalue weighted by Crippen LogP contribution is 2.27. The Labute approximate surface area is 87.1 Å². The summed E-state index contributed by atoms with van der Waals surface area (Å²) in [6.07, 6.45) is 8.71. The molecule has 0 saturated heterocycles. The first-order valence-electron chi connectivity index (χ1n) is 5.65. The van der Waals surface area contributed by atoms with Crippen molar-refractivity contribution in [3.8, 4) is 0 Å². The van der Waals surface area contributed by atoms with Crippen LogP contribution < -0.4 is 0 Å². The molecule has 0 N–H and O–H groups in total. The second-order valence-electron chi connectivity index (χ2n) is 4.02. The van der Waals surface area contributed by atoms with E-state index in [0.717, 1.165) is 25.4 Å². The van der Waals surface area contributed by atoms with Crippen LogP contribution in [-0.2, 0) is 9.59 Å². The van der Waals surface area contributed by atoms with Gasteiger partial charge in [0.15, 0.2) is 0 Å². The number of unbranched alkanes of at least 4 members (excludes halogenated alkanes) is 1. The smallest absolute Gasteiger partial charge is 0.123 e. The van der Waals surface area contributed by atoms with Gasteiger partial charge in [-0.25, -0.2) is 0 Å². The third-order valence-electron chi connectivity index (χ3n) is 2.76. The molecule has 1 saturated carbocycles. The average molecular weight is 198 g/mol. The third kappa shape index (κ3) is 5.90. The zero-order valence-electron chi connectivity index (χ0n) is 9.37. The topological polar surface area (TPSA) is 34.1 Å². The largest absolute Gasteiger partial charge is 0.303 e. The van der Waals surface area contributed by atoms with Gasteiger partial charge >= 0.3 is 0 Å². The van der Waals surface area contributed by atoms with Crippen molar-refractivity contribution >= 4 is 12.6 Å². The Balaban J connectivity index is 0.000000292. The van der Waals surface area contributed by atoms with E-state index < -0.39 is 0 Å². The Morgan fingerprint density at radius 2 is 1.86 bits per heavy atom. The van der Waals surface area contributed by atoms with Crippen LogP contribution in [0.1, 0.15) is 52.4 Å². The van der Waals surface area contributed by atoms with Crippen LogP contribution in [0.2, 0.25) is 0 Å². The maximum absolute atomic E-state index is 10.4. The summed E-state index contributed by atoms with van der Waals surface area (Å²) >= 11 is 0. The van der Waals surface area contributed by atoms with Gasteiger partial charge in [0.05, 0.1) is 0 Å². The van der Waals surface area contributed by atoms with E-state index in [1.807, 2.05) is 6.92 Å². The first kappa shape index (κ1) is 13.3. The van der Waals surface area contributed by atoms with Crippen LogP contribution in [0.15, 0.2) is 0 Å². The summed E-state index contributed by atoms with van der Waals surface area (Å²) in [5, 5.41) is 0. The normalized spacial score (nSPS) is 25.9. The third-order valence-corrected chi connectivity index (χ3v) is 2.76. The summed E-state index contributed by atoms with van der Waals surface area (Å²) in [5.74, 6) is 1.02. The van der Waals surface area contributed by atoms with E-state index in [1.165, 1.54) is 19.3 Å². The molecule has 0 aromatic heterocycles. The lowest BCUT2D eigenvalue weighted by Gasteiger charge is -2.23. The highest BCUT2D eigenvalue weighted by molar-refractivity contribution is 5.54. The summed E-state index contributed by atoms with van der Waals surface area (Å²) in [4.78, 5) is 19.8. The highest BCUT2D eigenvalue weighted by atomic mass is 16.1. The monoisotopic (exact) mass is 198 g/mol. The van der Waals surface area contributed by atoms with E-state index in [1.54, 1.807) is 0 Å². The fourth-order valence-corrected chi connectivity index (χ4v) is 1.66. The minimum atomic E-state index is 0.374. The minimum Gasteiger partial charge on any atom is -0.303 e. The van der Waals surface area contributed by atoms with Crippen LogP contribution in [0.25, 0.3) is 0 Å². The van der Waals surface area contributed by atoms with E-state index >= 15 is 0 Å². The van der Waals surface area contributed by atoms with E-state index in [-0.39, 0.29) is 0 Å². The summed E-state index contributed by atoms with van der Waals surface area (Å²) in [6.45, 7) is 4.16. The summed E-state index contributed by atoms with van der Waals surface area (Å²) < 4.78 is 0. The lowest BCUT2D eigenvalue weighted by Crippen LogP contribution is -2.17. The van der Waals surface area contributed by atoms with Gasteiger partial charge in [-0.15, -0.1) is 0 Å². The predicted octanol–water partition coefficient (Wildman–Crippen LogP) is 3.00. The fourth-order valence-electron chi connectivity index (χ4n) is 1.66. The Kier molecular flexibility index (Phi) is 8.50. The van der Waals surface area contributed by atoms with Crippen LogP contribution in [0.4, 0.5) is 0 Å². The van der Waals surface area contributed by atoms with Gasteiger partial charge in [-0.2, -0.15) is 0 Å². The Hall–Kier alpha value is -0.660. The molecule has 0 aromatic rings. The number of carbonyl (C=O) groups excluding carboxylic acids is 2. The molecule has 0 heterocycles. The first-order chi connectivity index (χ1) is 6.76. The van der Waals surface area contributed by atoms with Crippen LogP contribution in [0.5, 0.6) is 0 Å². The van der Waals surface area contributed by atoms with Crippen molar-refractivity contribution in [1.82, 2.24) is 0 Å². The average Bonchev–Trinajstić information content (AvgIpc) is 2.21. The molecule has 2 heteroatoms. The van der Waals surface area contributed by atoms with Crippen molar-refractivity contribution < 1.29 is 9.59 Å². The predicted molar refractivity (Wildman–Crippen MR) is 58.2 cm³/mol. The zero-order chi connectivity index (χ0) is 10.8. The molecular formula is C12H22O2. The molecule has 0 aliphatic heterocycles. The molecule has 0 radical (unpaired) electrons. The molecule has 0 aromatic carbocycles. The quantitative estimate of drug-likeness (QED) is 0.653. The molecular weight excluding hydrogens is 176 g/mol. The molecule has 0 amide bonds. The summed E-state index contributed by atoms with van der Waals surface area (Å²) in [5.41, 5.74) is 0. The lowest BCUT2D eigenvalue weighted by atomic mass is 9.81. The second kappa shape index (κ2) is 8.92. The standard InChI is InChI=1S/C8H14O.C4H8O/c1-7-4-2-3-5-8(7)6-9;1-2-3-4-5/h6-8H,2-5H2,1H3;4H,2-3H2,1H3. The fraction of sp³-hybridized carbons (Fsp3) is 0.833. The molecule has 2 unspecified atom stereocenters. The Morgan fingerprint density at radius 1 is 1.21 bits per heavy atom. The molecule has 2 nitrogen and oxygen atoms in total. The Morgan fingerprint density at radius 3 is 2.14 bits per heavy atom. The molecule has 1 rings (SSSR count). The van der Waals surface area contributed by atoms with Gasteiger partial charge in [0, 0.05) is 12.3 Å². The summed E-state index contributed by atoms with van der Waals surface area (Å²) in [6, 6.07) is 0. The van der Waals surface area contributed by atoms with Crippen molar-refractivity contribution in [1.29, 1.82) is 0 Å². The van der Waals surface area contributed by atoms with Gasteiger partial charge in [0.2, 0.25) is 0 Å². The molecule has 1 aliphatic carbocycles. The Bertz CT molecular complexity index is 154. The van der Waals surface area contributed by atoms with E-state index in [0.29, 0.717) is 18.3 Å². The zero-order valence-corrected chi connectivity index (χ0v) is 9.37. The van der Waals surface area contributed by atoms with Gasteiger partial charge < -0.3 is 9.59 Å². The number of carbonyl (C=O) groups is 2. The van der Waals surface area contributed by atoms with Crippen LogP contribution in [0.3, 0.4) is 0 Å². The van der Waals surface area contributed by atoms with Crippen molar-refractivity contribution in [2.75, 3.05) is 0 Å². The van der Waals surface area contributed by atoms with Crippen molar-refractivity contribution in [2.24, 2.45) is 11.8 Å². The van der Waals surface area contributed by atoms with Gasteiger partial charge in [-0.05, 0) is 18.8 Å². The minimum absolute atomic E-state index is 0.374. The van der Waals surface area contributed by atoms with Gasteiger partial charge in [-0.1, -0.05) is 33.1 Å². The molecule has 0 spiro atoms. The molecule has 2 atom stereocenters. The van der Waals surface area contributed by atoms with Crippen molar-refractivity contribution in [3.05, 3.63) is 0 Å². The number of hydrogen-bond donors (Lipinski definition) is 0. The van der Waals surface area contributed by atoms with E-state index in [9.17, 15) is 9.59 Å². The maximum atomic E-state index is 10.4. The van der Waals surface area contributed by atoms with E-state index in [4.69, 9.17) is 0 Å². The SMILES string of the molecule is CC1CCCCC1C=O.CCCC=O. The van der Waals surface area contributed by atoms with Crippen molar-refractivity contribution in [3.63, 3.8) is 0 Å². The van der Waals surface area contributed by atoms with Gasteiger partial charge in [-0.3, -0.25) is 0 Å². The highest BCUT2D eigenvalue weighted by Gasteiger charge is 2.19. The lowest BCUT2D eigenvalue weighted by molar-refractivity contribution is -0.113. The number of aldehydes is 2. The molecule has 1 fully saturated rings. The first-order valence-corrected chi connectivity index (χ1v) is 5.65. The number of rotatable bonds is 3. The van der Waals surface area contributed by atoms with Gasteiger partial charge in [0.1, 0.15) is 12.6 Å². The molecule has 1 aliphatic rings. The number of hydrogen-bond acceptors (Lipinski definition) is 2. The molecule has 14 heavy (non-hydrogen) atoms. The molecule has 82 valence electrons. The van der Waals surface area contributed by atoms with Crippen LogP contribution >= 0.6 is 0 Å². The van der Waals surface area contributed by atoms with Gasteiger partial charge in [0.25, 0.3) is 0 Å². The second-order valence-corrected chi connectivity index (χ2v) is 4.02. The van der Waals surface area contributed by atoms with Crippen molar-refractivity contribution in [2.45, 2.75) is 52.4 Å². The van der Waals surface area contributed by atoms with E-state index in [2.05, 4.69) is 6.92 Å². The maximum Gasteiger partial charge on any atom is 0.123 e. The van der Waals surface area contributed by atoms with Crippen LogP contribution in [-0.4, -0.2) is 12.6 Å².